The van der Waals surface area contributed by atoms with E-state index in [9.17, 15) is 4.79 Å². The van der Waals surface area contributed by atoms with Gasteiger partial charge in [0.15, 0.2) is 0 Å². The van der Waals surface area contributed by atoms with Gasteiger partial charge in [-0.15, -0.1) is 0 Å². The average Bonchev–Trinajstić information content (AvgIpc) is 2.45. The molecule has 0 saturated carbocycles. The summed E-state index contributed by atoms with van der Waals surface area (Å²) in [5.74, 6) is -0.684. The number of hydrogen-bond acceptors (Lipinski definition) is 3. The van der Waals surface area contributed by atoms with Gasteiger partial charge in [0.2, 0.25) is 0 Å². The Balaban J connectivity index is 1.65. The Hall–Kier alpha value is -1.55. The van der Waals surface area contributed by atoms with Crippen LogP contribution in [0.25, 0.3) is 0 Å². The lowest BCUT2D eigenvalue weighted by Crippen LogP contribution is -2.39. The van der Waals surface area contributed by atoms with Crippen molar-refractivity contribution in [2.75, 3.05) is 25.0 Å². The van der Waals surface area contributed by atoms with Crippen LogP contribution in [0.1, 0.15) is 37.7 Å². The molecular formula is C17H26N2O2. The number of nitrogens with one attached hydrogen (secondary N) is 1. The van der Waals surface area contributed by atoms with Crippen LogP contribution in [0, 0.1) is 6.92 Å². The van der Waals surface area contributed by atoms with Crippen LogP contribution in [0.4, 0.5) is 5.69 Å². The normalized spacial score (nSPS) is 16.8. The van der Waals surface area contributed by atoms with Gasteiger partial charge < -0.3 is 15.3 Å². The van der Waals surface area contributed by atoms with E-state index in [0.717, 1.165) is 45.3 Å². The molecule has 0 atom stereocenters. The highest BCUT2D eigenvalue weighted by Crippen LogP contribution is 2.18. The van der Waals surface area contributed by atoms with E-state index in [0.29, 0.717) is 12.5 Å². The number of carbonyl (C=O) groups is 1. The van der Waals surface area contributed by atoms with Crippen molar-refractivity contribution in [3.05, 3.63) is 29.8 Å². The molecule has 0 amide bonds. The van der Waals surface area contributed by atoms with Crippen molar-refractivity contribution < 1.29 is 9.90 Å². The number of piperidine rings is 1. The second kappa shape index (κ2) is 8.03. The second-order valence-corrected chi connectivity index (χ2v) is 5.98. The van der Waals surface area contributed by atoms with Gasteiger partial charge in [0, 0.05) is 31.2 Å². The fourth-order valence-corrected chi connectivity index (χ4v) is 2.88. The molecule has 2 rings (SSSR count). The number of aryl methyl sites for hydroxylation is 1. The van der Waals surface area contributed by atoms with Crippen molar-refractivity contribution >= 4 is 11.7 Å². The smallest absolute Gasteiger partial charge is 0.303 e. The Kier molecular flexibility index (Phi) is 6.05. The van der Waals surface area contributed by atoms with Gasteiger partial charge >= 0.3 is 5.97 Å². The maximum Gasteiger partial charge on any atom is 0.303 e. The molecule has 0 aromatic heterocycles. The van der Waals surface area contributed by atoms with Gasteiger partial charge in [-0.1, -0.05) is 12.1 Å². The molecule has 1 heterocycles. The first-order valence-corrected chi connectivity index (χ1v) is 7.91. The van der Waals surface area contributed by atoms with E-state index in [-0.39, 0.29) is 0 Å². The number of carboxylic acid groups (broad SMARTS) is 1. The Morgan fingerprint density at radius 1 is 1.33 bits per heavy atom. The molecule has 0 bridgehead atoms. The highest BCUT2D eigenvalue weighted by Gasteiger charge is 2.18. The van der Waals surface area contributed by atoms with E-state index >= 15 is 0 Å². The first kappa shape index (κ1) is 15.8. The Bertz CT molecular complexity index is 454. The van der Waals surface area contributed by atoms with Gasteiger partial charge in [0.1, 0.15) is 0 Å². The van der Waals surface area contributed by atoms with Crippen LogP contribution in [0.5, 0.6) is 0 Å². The van der Waals surface area contributed by atoms with Crippen molar-refractivity contribution in [2.24, 2.45) is 0 Å². The molecule has 116 valence electrons. The van der Waals surface area contributed by atoms with Crippen molar-refractivity contribution in [1.29, 1.82) is 0 Å². The molecule has 4 heteroatoms. The first-order chi connectivity index (χ1) is 10.1. The molecule has 1 fully saturated rings. The topological polar surface area (TPSA) is 52.6 Å². The number of carboxylic acids is 1. The minimum Gasteiger partial charge on any atom is -0.481 e. The SMILES string of the molecule is Cc1cccc(NC2CCN(CCCCC(=O)O)CC2)c1. The van der Waals surface area contributed by atoms with Gasteiger partial charge in [0.25, 0.3) is 0 Å². The Morgan fingerprint density at radius 2 is 2.10 bits per heavy atom. The fraction of sp³-hybridized carbons (Fsp3) is 0.588. The van der Waals surface area contributed by atoms with Gasteiger partial charge in [-0.05, 0) is 56.8 Å². The van der Waals surface area contributed by atoms with Crippen LogP contribution >= 0.6 is 0 Å². The summed E-state index contributed by atoms with van der Waals surface area (Å²) in [6.45, 7) is 5.36. The lowest BCUT2D eigenvalue weighted by atomic mass is 10.0. The largest absolute Gasteiger partial charge is 0.481 e. The number of anilines is 1. The standard InChI is InChI=1S/C17H26N2O2/c1-14-5-4-6-16(13-14)18-15-8-11-19(12-9-15)10-3-2-7-17(20)21/h4-6,13,15,18H,2-3,7-12H2,1H3,(H,20,21). The summed E-state index contributed by atoms with van der Waals surface area (Å²) in [4.78, 5) is 12.9. The lowest BCUT2D eigenvalue weighted by Gasteiger charge is -2.32. The maximum atomic E-state index is 10.5. The van der Waals surface area contributed by atoms with Gasteiger partial charge in [-0.3, -0.25) is 4.79 Å². The number of hydrogen-bond donors (Lipinski definition) is 2. The number of nitrogens with zero attached hydrogens (tertiary/aromatic N) is 1. The Morgan fingerprint density at radius 3 is 2.76 bits per heavy atom. The van der Waals surface area contributed by atoms with Gasteiger partial charge in [0.05, 0.1) is 0 Å². The zero-order chi connectivity index (χ0) is 15.1. The maximum absolute atomic E-state index is 10.5. The fourth-order valence-electron chi connectivity index (χ4n) is 2.88. The second-order valence-electron chi connectivity index (χ2n) is 5.98. The predicted molar refractivity (Wildman–Crippen MR) is 85.8 cm³/mol. The molecular weight excluding hydrogens is 264 g/mol. The van der Waals surface area contributed by atoms with Gasteiger partial charge in [-0.2, -0.15) is 0 Å². The third kappa shape index (κ3) is 5.76. The molecule has 0 aliphatic carbocycles. The summed E-state index contributed by atoms with van der Waals surface area (Å²) >= 11 is 0. The monoisotopic (exact) mass is 290 g/mol. The molecule has 1 aromatic rings. The molecule has 1 aromatic carbocycles. The summed E-state index contributed by atoms with van der Waals surface area (Å²) in [5.41, 5.74) is 2.51. The molecule has 0 unspecified atom stereocenters. The van der Waals surface area contributed by atoms with E-state index in [1.165, 1.54) is 11.3 Å². The van der Waals surface area contributed by atoms with E-state index in [4.69, 9.17) is 5.11 Å². The molecule has 0 spiro atoms. The summed E-state index contributed by atoms with van der Waals surface area (Å²) in [5, 5.41) is 12.2. The highest BCUT2D eigenvalue weighted by molar-refractivity contribution is 5.66. The molecule has 1 aliphatic heterocycles. The van der Waals surface area contributed by atoms with Crippen molar-refractivity contribution in [1.82, 2.24) is 4.90 Å². The number of likely N-dealkylation sites (tertiary alicyclic amines) is 1. The number of unbranched alkanes of at least 4 members (excludes halogenated alkanes) is 1. The first-order valence-electron chi connectivity index (χ1n) is 7.91. The highest BCUT2D eigenvalue weighted by atomic mass is 16.4. The minimum absolute atomic E-state index is 0.297. The Labute approximate surface area is 127 Å². The molecule has 4 nitrogen and oxygen atoms in total. The quantitative estimate of drug-likeness (QED) is 0.758. The van der Waals surface area contributed by atoms with Crippen molar-refractivity contribution in [3.8, 4) is 0 Å². The van der Waals surface area contributed by atoms with Crippen LogP contribution < -0.4 is 5.32 Å². The van der Waals surface area contributed by atoms with Crippen LogP contribution in [0.2, 0.25) is 0 Å². The van der Waals surface area contributed by atoms with Gasteiger partial charge in [-0.25, -0.2) is 0 Å². The van der Waals surface area contributed by atoms with E-state index in [1.807, 2.05) is 0 Å². The summed E-state index contributed by atoms with van der Waals surface area (Å²) in [7, 11) is 0. The van der Waals surface area contributed by atoms with Crippen molar-refractivity contribution in [3.63, 3.8) is 0 Å². The van der Waals surface area contributed by atoms with Crippen LogP contribution in [-0.2, 0) is 4.79 Å². The molecule has 1 saturated heterocycles. The van der Waals surface area contributed by atoms with Crippen LogP contribution in [0.3, 0.4) is 0 Å². The van der Waals surface area contributed by atoms with E-state index < -0.39 is 5.97 Å². The third-order valence-electron chi connectivity index (χ3n) is 4.09. The number of rotatable bonds is 7. The summed E-state index contributed by atoms with van der Waals surface area (Å²) < 4.78 is 0. The summed E-state index contributed by atoms with van der Waals surface area (Å²) in [6.07, 6.45) is 4.39. The van der Waals surface area contributed by atoms with E-state index in [2.05, 4.69) is 41.4 Å². The zero-order valence-corrected chi connectivity index (χ0v) is 12.8. The molecule has 0 radical (unpaired) electrons. The number of benzene rings is 1. The zero-order valence-electron chi connectivity index (χ0n) is 12.8. The molecule has 1 aliphatic rings. The molecule has 21 heavy (non-hydrogen) atoms. The van der Waals surface area contributed by atoms with Crippen molar-refractivity contribution in [2.45, 2.75) is 45.1 Å². The van der Waals surface area contributed by atoms with Crippen LogP contribution in [0.15, 0.2) is 24.3 Å². The lowest BCUT2D eigenvalue weighted by molar-refractivity contribution is -0.137. The third-order valence-corrected chi connectivity index (χ3v) is 4.09. The predicted octanol–water partition coefficient (Wildman–Crippen LogP) is 3.13. The number of aliphatic carboxylic acids is 1. The van der Waals surface area contributed by atoms with E-state index in [1.54, 1.807) is 0 Å². The average molecular weight is 290 g/mol. The minimum atomic E-state index is -0.684. The summed E-state index contributed by atoms with van der Waals surface area (Å²) in [6, 6.07) is 9.09. The van der Waals surface area contributed by atoms with Crippen LogP contribution in [-0.4, -0.2) is 41.7 Å². The molecule has 2 N–H and O–H groups in total.